The number of esters is 7. The van der Waals surface area contributed by atoms with E-state index < -0.39 is 141 Å². The summed E-state index contributed by atoms with van der Waals surface area (Å²) in [5, 5.41) is 12.4. The lowest BCUT2D eigenvalue weighted by atomic mass is 9.96. The fourth-order valence-corrected chi connectivity index (χ4v) is 7.75. The van der Waals surface area contributed by atoms with Gasteiger partial charge in [-0.25, -0.2) is 9.59 Å². The molecule has 2 heterocycles. The summed E-state index contributed by atoms with van der Waals surface area (Å²) in [5.74, 6) is -8.47. The first-order valence-corrected chi connectivity index (χ1v) is 20.8. The van der Waals surface area contributed by atoms with E-state index in [0.717, 1.165) is 70.7 Å². The Hall–Kier alpha value is -6.69. The van der Waals surface area contributed by atoms with E-state index in [4.69, 9.17) is 56.8 Å². The maximum absolute atomic E-state index is 13.2. The number of alkyl carbamates (subject to hydrolysis) is 1. The van der Waals surface area contributed by atoms with Crippen LogP contribution in [0.15, 0.2) is 48.5 Å². The number of carboxylic acids is 1. The molecular formula is C44H51NO22. The van der Waals surface area contributed by atoms with Gasteiger partial charge < -0.3 is 67.3 Å². The van der Waals surface area contributed by atoms with Crippen LogP contribution in [0.3, 0.4) is 0 Å². The Labute approximate surface area is 382 Å². The molecule has 11 atom stereocenters. The van der Waals surface area contributed by atoms with Gasteiger partial charge in [0, 0.05) is 54.4 Å². The molecule has 3 aliphatic rings. The zero-order chi connectivity index (χ0) is 49.1. The van der Waals surface area contributed by atoms with Crippen LogP contribution >= 0.6 is 0 Å². The number of fused-ring (bicyclic) bond motifs is 3. The molecule has 5 rings (SSSR count). The van der Waals surface area contributed by atoms with E-state index in [-0.39, 0.29) is 12.5 Å². The highest BCUT2D eigenvalue weighted by molar-refractivity contribution is 5.81. The number of carbonyl (C=O) groups excluding carboxylic acids is 8. The average molecular weight is 946 g/mol. The smallest absolute Gasteiger partial charge is 0.407 e. The number of hydrogen-bond acceptors (Lipinski definition) is 21. The fraction of sp³-hybridized carbons (Fsp3) is 0.523. The minimum Gasteiger partial charge on any atom is -0.480 e. The molecule has 0 spiro atoms. The summed E-state index contributed by atoms with van der Waals surface area (Å²) in [6.07, 6.45) is -18.6. The number of nitrogens with one attached hydrogen (secondary N) is 1. The highest BCUT2D eigenvalue weighted by Gasteiger charge is 2.58. The maximum atomic E-state index is 13.2. The molecule has 0 radical (unpaired) electrons. The van der Waals surface area contributed by atoms with Crippen LogP contribution in [0.5, 0.6) is 0 Å². The number of amides is 1. The summed E-state index contributed by atoms with van der Waals surface area (Å²) >= 11 is 0. The van der Waals surface area contributed by atoms with Crippen LogP contribution in [-0.4, -0.2) is 153 Å². The van der Waals surface area contributed by atoms with Crippen molar-refractivity contribution in [1.29, 1.82) is 0 Å². The quantitative estimate of drug-likeness (QED) is 0.158. The van der Waals surface area contributed by atoms with E-state index in [2.05, 4.69) is 5.32 Å². The van der Waals surface area contributed by atoms with Crippen LogP contribution < -0.4 is 5.32 Å². The highest BCUT2D eigenvalue weighted by atomic mass is 16.8. The fourth-order valence-electron chi connectivity index (χ4n) is 7.75. The second-order valence-corrected chi connectivity index (χ2v) is 15.4. The molecule has 0 saturated carbocycles. The molecule has 0 bridgehead atoms. The van der Waals surface area contributed by atoms with Gasteiger partial charge in [-0.1, -0.05) is 48.5 Å². The van der Waals surface area contributed by atoms with Gasteiger partial charge in [-0.15, -0.1) is 0 Å². The number of benzene rings is 2. The molecule has 2 fully saturated rings. The highest BCUT2D eigenvalue weighted by Crippen LogP contribution is 2.44. The predicted molar refractivity (Wildman–Crippen MR) is 219 cm³/mol. The second kappa shape index (κ2) is 23.2. The van der Waals surface area contributed by atoms with Gasteiger partial charge in [0.2, 0.25) is 0 Å². The van der Waals surface area contributed by atoms with Crippen molar-refractivity contribution in [1.82, 2.24) is 5.32 Å². The third-order valence-corrected chi connectivity index (χ3v) is 10.2. The first-order valence-electron chi connectivity index (χ1n) is 20.8. The maximum Gasteiger partial charge on any atom is 0.407 e. The van der Waals surface area contributed by atoms with Gasteiger partial charge in [-0.3, -0.25) is 33.6 Å². The monoisotopic (exact) mass is 945 g/mol. The lowest BCUT2D eigenvalue weighted by Gasteiger charge is -2.48. The number of carboxylic acid groups (broad SMARTS) is 1. The zero-order valence-electron chi connectivity index (χ0n) is 37.4. The SMILES string of the molecule is CC(=O)OC[C@@H]1O[C@H](O[C@H]2[C@@H](OC(C)=O)[C@@H](OC(C)=O)[C@H](OC[C@@H](NC(=O)OCC3c4ccccc4-c4ccccc43)C(=O)O)O[C@H]2COC(C)=O)[C@@H](OC(C)=O)[C@H](OC(C)=O)[C@H]1OC(C)=O. The van der Waals surface area contributed by atoms with Crippen LogP contribution in [0, 0.1) is 0 Å². The summed E-state index contributed by atoms with van der Waals surface area (Å²) in [7, 11) is 0. The Morgan fingerprint density at radius 2 is 0.940 bits per heavy atom. The Morgan fingerprint density at radius 1 is 0.522 bits per heavy atom. The molecule has 364 valence electrons. The average Bonchev–Trinajstić information content (AvgIpc) is 3.56. The van der Waals surface area contributed by atoms with Crippen molar-refractivity contribution < 1.29 is 105 Å². The molecule has 23 nitrogen and oxygen atoms in total. The van der Waals surface area contributed by atoms with E-state index in [9.17, 15) is 48.3 Å². The second-order valence-electron chi connectivity index (χ2n) is 15.4. The Balaban J connectivity index is 1.43. The molecular weight excluding hydrogens is 894 g/mol. The number of hydrogen-bond donors (Lipinski definition) is 2. The standard InChI is InChI=1S/C44H51NO22/c1-20(46)56-18-33-35(60-22(3)48)37(61-23(4)49)40(64-26(7)52)43(66-33)67-36-34(19-57-21(2)47)65-42(39(63-25(6)51)38(36)62-24(5)50)58-17-32(41(53)54)45-44(55)59-16-31-29-14-10-8-12-27(29)28-13-9-11-15-30(28)31/h8-15,31-40,42-43H,16-19H2,1-7H3,(H,45,55)(H,53,54)/t32-,33+,34+,35+,36-,37-,38-,39-,40+,42-,43-/m1/s1. The van der Waals surface area contributed by atoms with Crippen molar-refractivity contribution in [2.24, 2.45) is 0 Å². The minimum absolute atomic E-state index is 0.157. The van der Waals surface area contributed by atoms with E-state index in [1.54, 1.807) is 0 Å². The van der Waals surface area contributed by atoms with Crippen molar-refractivity contribution in [3.63, 3.8) is 0 Å². The van der Waals surface area contributed by atoms with Crippen LogP contribution in [0.1, 0.15) is 65.5 Å². The Kier molecular flexibility index (Phi) is 17.7. The summed E-state index contributed by atoms with van der Waals surface area (Å²) in [6, 6.07) is 13.3. The van der Waals surface area contributed by atoms with Crippen molar-refractivity contribution in [2.75, 3.05) is 26.4 Å². The van der Waals surface area contributed by atoms with Crippen LogP contribution in [-0.2, 0) is 95.2 Å². The number of carbonyl (C=O) groups is 9. The van der Waals surface area contributed by atoms with Crippen molar-refractivity contribution in [2.45, 2.75) is 122 Å². The van der Waals surface area contributed by atoms with Gasteiger partial charge in [-0.2, -0.15) is 0 Å². The predicted octanol–water partition coefficient (Wildman–Crippen LogP) is 1.61. The van der Waals surface area contributed by atoms with Crippen molar-refractivity contribution in [3.05, 3.63) is 59.7 Å². The lowest BCUT2D eigenvalue weighted by Crippen LogP contribution is -2.67. The normalized spacial score (nSPS) is 25.7. The van der Waals surface area contributed by atoms with Crippen LogP contribution in [0.25, 0.3) is 11.1 Å². The summed E-state index contributed by atoms with van der Waals surface area (Å²) in [5.41, 5.74) is 3.73. The third kappa shape index (κ3) is 13.7. The number of ether oxygens (including phenoxy) is 12. The molecule has 1 amide bonds. The van der Waals surface area contributed by atoms with Gasteiger partial charge in [0.15, 0.2) is 49.1 Å². The summed E-state index contributed by atoms with van der Waals surface area (Å²) < 4.78 is 67.7. The lowest BCUT2D eigenvalue weighted by molar-refractivity contribution is -0.361. The Bertz CT molecular complexity index is 2130. The molecule has 2 aliphatic heterocycles. The summed E-state index contributed by atoms with van der Waals surface area (Å²) in [4.78, 5) is 112. The molecule has 67 heavy (non-hydrogen) atoms. The minimum atomic E-state index is -1.93. The van der Waals surface area contributed by atoms with Crippen molar-refractivity contribution in [3.8, 4) is 11.1 Å². The number of aliphatic carboxylic acids is 1. The first-order chi connectivity index (χ1) is 31.7. The van der Waals surface area contributed by atoms with E-state index >= 15 is 0 Å². The Morgan fingerprint density at radius 3 is 1.42 bits per heavy atom. The van der Waals surface area contributed by atoms with E-state index in [1.807, 2.05) is 48.5 Å². The zero-order valence-corrected chi connectivity index (χ0v) is 37.4. The van der Waals surface area contributed by atoms with Crippen LogP contribution in [0.2, 0.25) is 0 Å². The molecule has 0 aromatic heterocycles. The van der Waals surface area contributed by atoms with E-state index in [0.29, 0.717) is 0 Å². The van der Waals surface area contributed by atoms with Gasteiger partial charge >= 0.3 is 53.8 Å². The largest absolute Gasteiger partial charge is 0.480 e. The molecule has 2 N–H and O–H groups in total. The molecule has 2 aromatic rings. The molecule has 0 unspecified atom stereocenters. The first kappa shape index (κ1) is 51.3. The molecule has 23 heteroatoms. The van der Waals surface area contributed by atoms with Crippen LogP contribution in [0.4, 0.5) is 4.79 Å². The molecule has 2 saturated heterocycles. The third-order valence-electron chi connectivity index (χ3n) is 10.2. The van der Waals surface area contributed by atoms with E-state index in [1.165, 1.54) is 0 Å². The topological polar surface area (TPSA) is 297 Å². The van der Waals surface area contributed by atoms with Gasteiger partial charge in [0.05, 0.1) is 6.61 Å². The molecule has 2 aromatic carbocycles. The summed E-state index contributed by atoms with van der Waals surface area (Å²) in [6.45, 7) is 4.63. The molecule has 1 aliphatic carbocycles. The van der Waals surface area contributed by atoms with Gasteiger partial charge in [0.1, 0.15) is 38.1 Å². The van der Waals surface area contributed by atoms with Crippen molar-refractivity contribution >= 4 is 53.8 Å². The van der Waals surface area contributed by atoms with Gasteiger partial charge in [0.25, 0.3) is 0 Å². The number of rotatable bonds is 18. The van der Waals surface area contributed by atoms with Gasteiger partial charge in [-0.05, 0) is 22.3 Å².